The van der Waals surface area contributed by atoms with Crippen LogP contribution in [0, 0.1) is 17.8 Å². The van der Waals surface area contributed by atoms with Crippen LogP contribution in [-0.4, -0.2) is 17.6 Å². The molecule has 0 aliphatic carbocycles. The van der Waals surface area contributed by atoms with E-state index in [1.807, 2.05) is 38.1 Å². The average molecular weight is 245 g/mol. The van der Waals surface area contributed by atoms with Crippen LogP contribution in [0.4, 0.5) is 0 Å². The topological polar surface area (TPSA) is 49.3 Å². The van der Waals surface area contributed by atoms with Gasteiger partial charge in [-0.3, -0.25) is 4.79 Å². The summed E-state index contributed by atoms with van der Waals surface area (Å²) in [6, 6.07) is 7.61. The van der Waals surface area contributed by atoms with Crippen molar-refractivity contribution in [3.05, 3.63) is 35.4 Å². The molecule has 3 nitrogen and oxygen atoms in total. The summed E-state index contributed by atoms with van der Waals surface area (Å²) < 4.78 is 0. The molecule has 1 aromatic carbocycles. The molecule has 0 saturated carbocycles. The second kappa shape index (κ2) is 7.52. The Balaban J connectivity index is 2.70. The number of rotatable bonds is 4. The lowest BCUT2D eigenvalue weighted by atomic mass is 10.1. The summed E-state index contributed by atoms with van der Waals surface area (Å²) in [5, 5.41) is 11.6. The second-order valence-electron chi connectivity index (χ2n) is 4.14. The van der Waals surface area contributed by atoms with Crippen molar-refractivity contribution < 1.29 is 9.90 Å². The highest BCUT2D eigenvalue weighted by molar-refractivity contribution is 5.78. The molecule has 0 saturated heterocycles. The molecule has 0 fully saturated rings. The lowest BCUT2D eigenvalue weighted by molar-refractivity contribution is -0.124. The maximum atomic E-state index is 11.7. The molecule has 0 radical (unpaired) electrons. The first kappa shape index (κ1) is 14.3. The molecule has 1 atom stereocenters. The molecule has 0 heterocycles. The molecule has 18 heavy (non-hydrogen) atoms. The van der Waals surface area contributed by atoms with E-state index < -0.39 is 0 Å². The van der Waals surface area contributed by atoms with Crippen LogP contribution in [0.25, 0.3) is 0 Å². The van der Waals surface area contributed by atoms with E-state index in [0.717, 1.165) is 17.5 Å². The summed E-state index contributed by atoms with van der Waals surface area (Å²) in [6.45, 7) is 4.21. The molecule has 1 rings (SSSR count). The molecule has 2 N–H and O–H groups in total. The van der Waals surface area contributed by atoms with Gasteiger partial charge < -0.3 is 10.4 Å². The van der Waals surface area contributed by atoms with Gasteiger partial charge in [0.05, 0.1) is 0 Å². The molecule has 0 aliphatic heterocycles. The molecule has 3 heteroatoms. The number of aliphatic hydroxyl groups excluding tert-OH is 1. The number of carbonyl (C=O) groups is 1. The first-order valence-electron chi connectivity index (χ1n) is 6.14. The number of amides is 1. The Labute approximate surface area is 108 Å². The van der Waals surface area contributed by atoms with Gasteiger partial charge >= 0.3 is 0 Å². The van der Waals surface area contributed by atoms with Crippen molar-refractivity contribution in [3.63, 3.8) is 0 Å². The van der Waals surface area contributed by atoms with Gasteiger partial charge in [0.15, 0.2) is 0 Å². The summed E-state index contributed by atoms with van der Waals surface area (Å²) in [7, 11) is 0. The van der Waals surface area contributed by atoms with E-state index in [1.54, 1.807) is 0 Å². The Morgan fingerprint density at radius 2 is 2.17 bits per heavy atom. The van der Waals surface area contributed by atoms with Crippen LogP contribution in [0.15, 0.2) is 24.3 Å². The van der Waals surface area contributed by atoms with Crippen LogP contribution in [0.1, 0.15) is 31.4 Å². The number of benzene rings is 1. The minimum Gasteiger partial charge on any atom is -0.384 e. The van der Waals surface area contributed by atoms with E-state index in [2.05, 4.69) is 17.2 Å². The summed E-state index contributed by atoms with van der Waals surface area (Å²) in [4.78, 5) is 11.7. The quantitative estimate of drug-likeness (QED) is 0.793. The minimum atomic E-state index is -0.159. The SMILES string of the molecule is CCC(C)C(=O)NCc1ccccc1C#CCO. The van der Waals surface area contributed by atoms with Gasteiger partial charge in [0.25, 0.3) is 0 Å². The molecule has 0 aromatic heterocycles. The van der Waals surface area contributed by atoms with E-state index in [9.17, 15) is 4.79 Å². The van der Waals surface area contributed by atoms with Gasteiger partial charge in [-0.05, 0) is 18.1 Å². The van der Waals surface area contributed by atoms with Gasteiger partial charge in [-0.2, -0.15) is 0 Å². The van der Waals surface area contributed by atoms with Crippen LogP contribution in [-0.2, 0) is 11.3 Å². The summed E-state index contributed by atoms with van der Waals surface area (Å²) in [5.74, 6) is 5.58. The van der Waals surface area contributed by atoms with Gasteiger partial charge in [-0.25, -0.2) is 0 Å². The van der Waals surface area contributed by atoms with Crippen LogP contribution in [0.2, 0.25) is 0 Å². The van der Waals surface area contributed by atoms with E-state index in [-0.39, 0.29) is 18.4 Å². The molecule has 0 bridgehead atoms. The van der Waals surface area contributed by atoms with Crippen molar-refractivity contribution in [2.24, 2.45) is 5.92 Å². The third-order valence-corrected chi connectivity index (χ3v) is 2.83. The fourth-order valence-corrected chi connectivity index (χ4v) is 1.47. The highest BCUT2D eigenvalue weighted by Crippen LogP contribution is 2.08. The molecular formula is C15H19NO2. The first-order chi connectivity index (χ1) is 8.69. The molecule has 96 valence electrons. The van der Waals surface area contributed by atoms with Crippen LogP contribution < -0.4 is 5.32 Å². The predicted molar refractivity (Wildman–Crippen MR) is 71.7 cm³/mol. The fourth-order valence-electron chi connectivity index (χ4n) is 1.47. The number of hydrogen-bond donors (Lipinski definition) is 2. The summed E-state index contributed by atoms with van der Waals surface area (Å²) >= 11 is 0. The molecule has 0 aliphatic rings. The monoisotopic (exact) mass is 245 g/mol. The number of nitrogens with one attached hydrogen (secondary N) is 1. The highest BCUT2D eigenvalue weighted by atomic mass is 16.2. The van der Waals surface area contributed by atoms with E-state index in [4.69, 9.17) is 5.11 Å². The third kappa shape index (κ3) is 4.23. The fraction of sp³-hybridized carbons (Fsp3) is 0.400. The van der Waals surface area contributed by atoms with Crippen molar-refractivity contribution >= 4 is 5.91 Å². The zero-order valence-corrected chi connectivity index (χ0v) is 10.9. The van der Waals surface area contributed by atoms with Crippen LogP contribution >= 0.6 is 0 Å². The van der Waals surface area contributed by atoms with Gasteiger partial charge in [-0.1, -0.05) is 43.9 Å². The largest absolute Gasteiger partial charge is 0.384 e. The molecule has 1 aromatic rings. The van der Waals surface area contributed by atoms with Gasteiger partial charge in [-0.15, -0.1) is 0 Å². The van der Waals surface area contributed by atoms with Gasteiger partial charge in [0.2, 0.25) is 5.91 Å². The lowest BCUT2D eigenvalue weighted by Gasteiger charge is -2.10. The van der Waals surface area contributed by atoms with Gasteiger partial charge in [0, 0.05) is 18.0 Å². The van der Waals surface area contributed by atoms with Gasteiger partial charge in [0.1, 0.15) is 6.61 Å². The number of hydrogen-bond acceptors (Lipinski definition) is 2. The molecule has 0 spiro atoms. The third-order valence-electron chi connectivity index (χ3n) is 2.83. The molecule has 1 unspecified atom stereocenters. The van der Waals surface area contributed by atoms with Crippen molar-refractivity contribution in [2.45, 2.75) is 26.8 Å². The maximum absolute atomic E-state index is 11.7. The Morgan fingerprint density at radius 1 is 1.44 bits per heavy atom. The zero-order chi connectivity index (χ0) is 13.4. The van der Waals surface area contributed by atoms with Crippen LogP contribution in [0.5, 0.6) is 0 Å². The van der Waals surface area contributed by atoms with Crippen LogP contribution in [0.3, 0.4) is 0 Å². The van der Waals surface area contributed by atoms with Crippen molar-refractivity contribution in [1.82, 2.24) is 5.32 Å². The Kier molecular flexibility index (Phi) is 5.96. The number of carbonyl (C=O) groups excluding carboxylic acids is 1. The van der Waals surface area contributed by atoms with E-state index in [0.29, 0.717) is 6.54 Å². The normalized spacial score (nSPS) is 11.3. The lowest BCUT2D eigenvalue weighted by Crippen LogP contribution is -2.28. The van der Waals surface area contributed by atoms with Crippen molar-refractivity contribution in [1.29, 1.82) is 0 Å². The van der Waals surface area contributed by atoms with Crippen molar-refractivity contribution in [2.75, 3.05) is 6.61 Å². The number of aliphatic hydroxyl groups is 1. The average Bonchev–Trinajstić information content (AvgIpc) is 2.42. The summed E-state index contributed by atoms with van der Waals surface area (Å²) in [6.07, 6.45) is 0.831. The summed E-state index contributed by atoms with van der Waals surface area (Å²) in [5.41, 5.74) is 1.81. The first-order valence-corrected chi connectivity index (χ1v) is 6.14. The Hall–Kier alpha value is -1.79. The maximum Gasteiger partial charge on any atom is 0.223 e. The van der Waals surface area contributed by atoms with E-state index >= 15 is 0 Å². The second-order valence-corrected chi connectivity index (χ2v) is 4.14. The Morgan fingerprint density at radius 3 is 2.83 bits per heavy atom. The predicted octanol–water partition coefficient (Wildman–Crippen LogP) is 1.69. The Bertz CT molecular complexity index is 457. The minimum absolute atomic E-state index is 0.0284. The zero-order valence-electron chi connectivity index (χ0n) is 10.9. The highest BCUT2D eigenvalue weighted by Gasteiger charge is 2.10. The molecule has 1 amide bonds. The molecular weight excluding hydrogens is 226 g/mol. The standard InChI is InChI=1S/C15H19NO2/c1-3-12(2)15(18)16-11-14-8-5-4-7-13(14)9-6-10-17/h4-5,7-8,12,17H,3,10-11H2,1-2H3,(H,16,18). The van der Waals surface area contributed by atoms with E-state index in [1.165, 1.54) is 0 Å². The van der Waals surface area contributed by atoms with Crippen molar-refractivity contribution in [3.8, 4) is 11.8 Å². The smallest absolute Gasteiger partial charge is 0.223 e.